The van der Waals surface area contributed by atoms with Gasteiger partial charge in [0.05, 0.1) is 10.6 Å². The average molecular weight is 447 g/mol. The fraction of sp³-hybridized carbons (Fsp3) is 0.250. The minimum absolute atomic E-state index is 0.124. The molecule has 0 aliphatic heterocycles. The van der Waals surface area contributed by atoms with Gasteiger partial charge < -0.3 is 4.98 Å². The van der Waals surface area contributed by atoms with Gasteiger partial charge in [0.15, 0.2) is 5.78 Å². The third-order valence-electron chi connectivity index (χ3n) is 4.94. The van der Waals surface area contributed by atoms with Gasteiger partial charge in [-0.15, -0.1) is 0 Å². The predicted molar refractivity (Wildman–Crippen MR) is 110 cm³/mol. The summed E-state index contributed by atoms with van der Waals surface area (Å²) in [5.41, 5.74) is 4.44. The molecular formula is C20H19BrN2O3S. The smallest absolute Gasteiger partial charge is 0.262 e. The minimum Gasteiger partial charge on any atom is -0.358 e. The number of rotatable bonds is 3. The molecule has 0 amide bonds. The molecule has 0 saturated carbocycles. The zero-order chi connectivity index (χ0) is 19.3. The van der Waals surface area contributed by atoms with Crippen LogP contribution in [0.3, 0.4) is 0 Å². The van der Waals surface area contributed by atoms with Crippen LogP contribution in [-0.4, -0.2) is 19.2 Å². The molecule has 3 aromatic rings. The second-order valence-electron chi connectivity index (χ2n) is 7.01. The maximum atomic E-state index is 13.0. The number of hydrogen-bond acceptors (Lipinski definition) is 3. The highest BCUT2D eigenvalue weighted by atomic mass is 79.9. The van der Waals surface area contributed by atoms with Crippen LogP contribution in [0.2, 0.25) is 0 Å². The molecule has 2 N–H and O–H groups in total. The Hall–Kier alpha value is -2.12. The van der Waals surface area contributed by atoms with Crippen molar-refractivity contribution in [3.05, 3.63) is 57.2 Å². The van der Waals surface area contributed by atoms with Gasteiger partial charge in [0, 0.05) is 33.1 Å². The number of aryl methyl sites for hydroxylation is 3. The van der Waals surface area contributed by atoms with Crippen molar-refractivity contribution in [3.8, 4) is 0 Å². The SMILES string of the molecule is Cc1ccc(NS(=O)(=O)c2cc3[nH]c4c(c3cc2C)C(=O)CCC4)c(Br)c1. The number of fused-ring (bicyclic) bond motifs is 3. The lowest BCUT2D eigenvalue weighted by Gasteiger charge is -2.13. The molecule has 0 spiro atoms. The lowest BCUT2D eigenvalue weighted by molar-refractivity contribution is 0.0974. The van der Waals surface area contributed by atoms with Gasteiger partial charge in [-0.1, -0.05) is 6.07 Å². The summed E-state index contributed by atoms with van der Waals surface area (Å²) in [6, 6.07) is 8.87. The molecule has 140 valence electrons. The number of aromatic amines is 1. The van der Waals surface area contributed by atoms with E-state index in [-0.39, 0.29) is 10.7 Å². The van der Waals surface area contributed by atoms with Crippen molar-refractivity contribution in [2.24, 2.45) is 0 Å². The largest absolute Gasteiger partial charge is 0.358 e. The van der Waals surface area contributed by atoms with Crippen molar-refractivity contribution < 1.29 is 13.2 Å². The van der Waals surface area contributed by atoms with E-state index in [0.29, 0.717) is 27.7 Å². The number of Topliss-reactive ketones (excluding diaryl/α,β-unsaturated/α-hetero) is 1. The standard InChI is InChI=1S/C20H19BrN2O3S/c1-11-6-7-15(14(21)8-11)23-27(25,26)19-10-17-13(9-12(19)2)20-16(22-17)4-3-5-18(20)24/h6-10,22-23H,3-5H2,1-2H3. The van der Waals surface area contributed by atoms with Gasteiger partial charge in [-0.3, -0.25) is 9.52 Å². The van der Waals surface area contributed by atoms with Crippen LogP contribution < -0.4 is 4.72 Å². The number of H-pyrrole nitrogens is 1. The molecule has 0 fully saturated rings. The van der Waals surface area contributed by atoms with Crippen LogP contribution in [-0.2, 0) is 16.4 Å². The van der Waals surface area contributed by atoms with Gasteiger partial charge in [0.2, 0.25) is 0 Å². The van der Waals surface area contributed by atoms with E-state index in [0.717, 1.165) is 35.0 Å². The monoisotopic (exact) mass is 446 g/mol. The van der Waals surface area contributed by atoms with Crippen LogP contribution in [0.5, 0.6) is 0 Å². The summed E-state index contributed by atoms with van der Waals surface area (Å²) in [5.74, 6) is 0.124. The highest BCUT2D eigenvalue weighted by molar-refractivity contribution is 9.10. The summed E-state index contributed by atoms with van der Waals surface area (Å²) in [7, 11) is -3.77. The molecule has 0 saturated heterocycles. The first-order valence-corrected chi connectivity index (χ1v) is 11.0. The van der Waals surface area contributed by atoms with Gasteiger partial charge >= 0.3 is 0 Å². The Morgan fingerprint density at radius 1 is 1.11 bits per heavy atom. The van der Waals surface area contributed by atoms with E-state index in [1.807, 2.05) is 19.1 Å². The van der Waals surface area contributed by atoms with Gasteiger partial charge in [-0.05, 0) is 78.0 Å². The fourth-order valence-corrected chi connectivity index (χ4v) is 5.69. The van der Waals surface area contributed by atoms with Crippen molar-refractivity contribution >= 4 is 48.3 Å². The number of sulfonamides is 1. The first kappa shape index (κ1) is 18.3. The molecule has 0 unspecified atom stereocenters. The second kappa shape index (κ2) is 6.49. The van der Waals surface area contributed by atoms with E-state index in [1.54, 1.807) is 25.1 Å². The second-order valence-corrected chi connectivity index (χ2v) is 9.51. The summed E-state index contributed by atoms with van der Waals surface area (Å²) in [6.45, 7) is 3.69. The van der Waals surface area contributed by atoms with Crippen LogP contribution in [0.1, 0.15) is 40.0 Å². The number of ketones is 1. The van der Waals surface area contributed by atoms with E-state index in [4.69, 9.17) is 0 Å². The van der Waals surface area contributed by atoms with E-state index in [9.17, 15) is 13.2 Å². The van der Waals surface area contributed by atoms with Crippen molar-refractivity contribution in [1.82, 2.24) is 4.98 Å². The van der Waals surface area contributed by atoms with Crippen molar-refractivity contribution in [2.45, 2.75) is 38.0 Å². The Bertz CT molecular complexity index is 1200. The fourth-order valence-electron chi connectivity index (χ4n) is 3.63. The van der Waals surface area contributed by atoms with Crippen LogP contribution in [0, 0.1) is 13.8 Å². The quantitative estimate of drug-likeness (QED) is 0.602. The van der Waals surface area contributed by atoms with Gasteiger partial charge in [0.1, 0.15) is 0 Å². The lowest BCUT2D eigenvalue weighted by atomic mass is 9.94. The summed E-state index contributed by atoms with van der Waals surface area (Å²) >= 11 is 3.41. The molecule has 0 radical (unpaired) electrons. The highest BCUT2D eigenvalue weighted by Crippen LogP contribution is 2.33. The molecular weight excluding hydrogens is 428 g/mol. The molecule has 1 aromatic heterocycles. The third kappa shape index (κ3) is 3.19. The number of aromatic nitrogens is 1. The Morgan fingerprint density at radius 2 is 1.89 bits per heavy atom. The first-order chi connectivity index (χ1) is 12.8. The average Bonchev–Trinajstić information content (AvgIpc) is 2.95. The van der Waals surface area contributed by atoms with E-state index in [1.165, 1.54) is 0 Å². The number of benzene rings is 2. The van der Waals surface area contributed by atoms with Crippen molar-refractivity contribution in [3.63, 3.8) is 0 Å². The summed E-state index contributed by atoms with van der Waals surface area (Å²) < 4.78 is 29.3. The molecule has 2 aromatic carbocycles. The van der Waals surface area contributed by atoms with Crippen molar-refractivity contribution in [2.75, 3.05) is 4.72 Å². The maximum absolute atomic E-state index is 13.0. The van der Waals surface area contributed by atoms with E-state index >= 15 is 0 Å². The van der Waals surface area contributed by atoms with Crippen LogP contribution >= 0.6 is 15.9 Å². The van der Waals surface area contributed by atoms with Crippen LogP contribution in [0.15, 0.2) is 39.7 Å². The topological polar surface area (TPSA) is 79.0 Å². The van der Waals surface area contributed by atoms with Gasteiger partial charge in [-0.2, -0.15) is 0 Å². The third-order valence-corrected chi connectivity index (χ3v) is 7.10. The Labute approximate surface area is 166 Å². The molecule has 1 heterocycles. The summed E-state index contributed by atoms with van der Waals surface area (Å²) in [6.07, 6.45) is 2.18. The molecule has 0 atom stereocenters. The van der Waals surface area contributed by atoms with Crippen LogP contribution in [0.4, 0.5) is 5.69 Å². The number of carbonyl (C=O) groups excluding carboxylic acids is 1. The zero-order valence-corrected chi connectivity index (χ0v) is 17.4. The lowest BCUT2D eigenvalue weighted by Crippen LogP contribution is -2.14. The minimum atomic E-state index is -3.77. The van der Waals surface area contributed by atoms with E-state index in [2.05, 4.69) is 25.6 Å². The van der Waals surface area contributed by atoms with E-state index < -0.39 is 10.0 Å². The van der Waals surface area contributed by atoms with Crippen molar-refractivity contribution in [1.29, 1.82) is 0 Å². The Balaban J connectivity index is 1.81. The first-order valence-electron chi connectivity index (χ1n) is 8.73. The Kier molecular flexibility index (Phi) is 4.39. The van der Waals surface area contributed by atoms with Gasteiger partial charge in [0.25, 0.3) is 10.0 Å². The number of nitrogens with one attached hydrogen (secondary N) is 2. The zero-order valence-electron chi connectivity index (χ0n) is 15.0. The summed E-state index contributed by atoms with van der Waals surface area (Å²) in [5, 5.41) is 0.808. The highest BCUT2D eigenvalue weighted by Gasteiger charge is 2.25. The van der Waals surface area contributed by atoms with Crippen LogP contribution in [0.25, 0.3) is 10.9 Å². The molecule has 5 nitrogen and oxygen atoms in total. The number of halogens is 1. The Morgan fingerprint density at radius 3 is 2.63 bits per heavy atom. The maximum Gasteiger partial charge on any atom is 0.262 e. The summed E-state index contributed by atoms with van der Waals surface area (Å²) in [4.78, 5) is 15.8. The number of hydrogen-bond donors (Lipinski definition) is 2. The normalized spacial score (nSPS) is 14.4. The number of anilines is 1. The predicted octanol–water partition coefficient (Wildman–Crippen LogP) is 4.87. The molecule has 27 heavy (non-hydrogen) atoms. The molecule has 1 aliphatic carbocycles. The molecule has 7 heteroatoms. The molecule has 4 rings (SSSR count). The number of carbonyl (C=O) groups is 1. The molecule has 0 bridgehead atoms. The van der Waals surface area contributed by atoms with Gasteiger partial charge in [-0.25, -0.2) is 8.42 Å². The molecule has 1 aliphatic rings.